The van der Waals surface area contributed by atoms with Crippen molar-refractivity contribution in [1.29, 1.82) is 0 Å². The molecular formula is C22H30O7S2. The van der Waals surface area contributed by atoms with E-state index >= 15 is 0 Å². The molecule has 172 valence electrons. The Morgan fingerprint density at radius 1 is 0.710 bits per heavy atom. The molecule has 2 aromatic carbocycles. The first-order chi connectivity index (χ1) is 14.8. The van der Waals surface area contributed by atoms with Crippen molar-refractivity contribution in [3.05, 3.63) is 71.8 Å². The quantitative estimate of drug-likeness (QED) is 0.233. The number of aliphatic hydroxyl groups excluding tert-OH is 2. The van der Waals surface area contributed by atoms with Gasteiger partial charge in [-0.2, -0.15) is 25.3 Å². The Hall–Kier alpha value is -2.04. The van der Waals surface area contributed by atoms with E-state index in [0.717, 1.165) is 11.1 Å². The average Bonchev–Trinajstić information content (AvgIpc) is 2.75. The van der Waals surface area contributed by atoms with Crippen molar-refractivity contribution in [2.24, 2.45) is 0 Å². The zero-order valence-electron chi connectivity index (χ0n) is 17.1. The molecule has 0 radical (unpaired) electrons. The van der Waals surface area contributed by atoms with E-state index in [4.69, 9.17) is 20.4 Å². The topological polar surface area (TPSA) is 124 Å². The van der Waals surface area contributed by atoms with Gasteiger partial charge in [0.1, 0.15) is 0 Å². The molecule has 31 heavy (non-hydrogen) atoms. The molecule has 0 aliphatic rings. The minimum Gasteiger partial charge on any atom is -0.481 e. The second kappa shape index (κ2) is 18.7. The molecule has 0 aliphatic carbocycles. The number of ether oxygens (including phenoxy) is 1. The van der Waals surface area contributed by atoms with Crippen molar-refractivity contribution in [3.63, 3.8) is 0 Å². The average molecular weight is 471 g/mol. The second-order valence-corrected chi connectivity index (χ2v) is 7.35. The van der Waals surface area contributed by atoms with Gasteiger partial charge in [0, 0.05) is 10.5 Å². The lowest BCUT2D eigenvalue weighted by molar-refractivity contribution is -0.138. The molecule has 2 rings (SSSR count). The molecule has 0 aromatic heterocycles. The molecule has 2 aromatic rings. The highest BCUT2D eigenvalue weighted by atomic mass is 32.1. The van der Waals surface area contributed by atoms with Crippen LogP contribution in [0.1, 0.15) is 34.5 Å². The SMILES string of the molecule is O=C(O)CC(S)c1ccccc1.O=C(O)CC(S)c1ccccc1.OCCOCCO. The molecule has 0 bridgehead atoms. The summed E-state index contributed by atoms with van der Waals surface area (Å²) in [6.07, 6.45) is 0.125. The van der Waals surface area contributed by atoms with Gasteiger partial charge < -0.3 is 25.2 Å². The van der Waals surface area contributed by atoms with Gasteiger partial charge in [0.15, 0.2) is 0 Å². The zero-order valence-corrected chi connectivity index (χ0v) is 18.9. The molecule has 2 atom stereocenters. The van der Waals surface area contributed by atoms with Crippen LogP contribution < -0.4 is 0 Å². The predicted octanol–water partition coefficient (Wildman–Crippen LogP) is 3.25. The van der Waals surface area contributed by atoms with E-state index in [-0.39, 0.29) is 36.6 Å². The fourth-order valence-electron chi connectivity index (χ4n) is 2.15. The minimum absolute atomic E-state index is 0.0278. The number of thiol groups is 2. The van der Waals surface area contributed by atoms with E-state index in [0.29, 0.717) is 13.2 Å². The molecule has 9 heteroatoms. The third kappa shape index (κ3) is 16.3. The molecule has 0 spiro atoms. The van der Waals surface area contributed by atoms with Gasteiger partial charge in [-0.25, -0.2) is 0 Å². The van der Waals surface area contributed by atoms with E-state index in [9.17, 15) is 9.59 Å². The summed E-state index contributed by atoms with van der Waals surface area (Å²) in [5, 5.41) is 32.8. The lowest BCUT2D eigenvalue weighted by atomic mass is 10.1. The number of carboxylic acid groups (broad SMARTS) is 2. The van der Waals surface area contributed by atoms with Gasteiger partial charge in [-0.3, -0.25) is 9.59 Å². The number of carbonyl (C=O) groups is 2. The van der Waals surface area contributed by atoms with Gasteiger partial charge in [-0.1, -0.05) is 60.7 Å². The molecule has 4 N–H and O–H groups in total. The third-order valence-electron chi connectivity index (χ3n) is 3.58. The molecule has 7 nitrogen and oxygen atoms in total. The van der Waals surface area contributed by atoms with Gasteiger partial charge >= 0.3 is 11.9 Å². The van der Waals surface area contributed by atoms with Crippen LogP contribution in [-0.4, -0.2) is 58.8 Å². The minimum atomic E-state index is -0.821. The Balaban J connectivity index is 0.000000454. The summed E-state index contributed by atoms with van der Waals surface area (Å²) in [6.45, 7) is 0.696. The highest BCUT2D eigenvalue weighted by molar-refractivity contribution is 7.80. The first-order valence-electron chi connectivity index (χ1n) is 9.50. The fourth-order valence-corrected chi connectivity index (χ4v) is 2.80. The molecule has 0 saturated carbocycles. The van der Waals surface area contributed by atoms with Crippen LogP contribution in [0.5, 0.6) is 0 Å². The van der Waals surface area contributed by atoms with Gasteiger partial charge in [-0.05, 0) is 11.1 Å². The Labute approximate surface area is 193 Å². The standard InChI is InChI=1S/2C9H10O2S.C4H10O3/c2*10-9(11)6-8(12)7-4-2-1-3-5-7;5-1-3-7-4-2-6/h2*1-5,8,12H,6H2,(H,10,11);5-6H,1-4H2. The van der Waals surface area contributed by atoms with Crippen LogP contribution in [0.15, 0.2) is 60.7 Å². The van der Waals surface area contributed by atoms with Crippen LogP contribution in [0, 0.1) is 0 Å². The summed E-state index contributed by atoms with van der Waals surface area (Å²) in [5.41, 5.74) is 1.89. The van der Waals surface area contributed by atoms with E-state index in [1.807, 2.05) is 60.7 Å². The lowest BCUT2D eigenvalue weighted by Crippen LogP contribution is -2.03. The molecule has 0 fully saturated rings. The van der Waals surface area contributed by atoms with Crippen LogP contribution >= 0.6 is 25.3 Å². The van der Waals surface area contributed by atoms with E-state index in [1.54, 1.807) is 0 Å². The molecule has 0 heterocycles. The van der Waals surface area contributed by atoms with E-state index in [1.165, 1.54) is 0 Å². The first kappa shape index (κ1) is 29.0. The zero-order chi connectivity index (χ0) is 23.5. The summed E-state index contributed by atoms with van der Waals surface area (Å²) >= 11 is 8.36. The summed E-state index contributed by atoms with van der Waals surface area (Å²) in [5.74, 6) is -1.64. The molecule has 0 amide bonds. The fraction of sp³-hybridized carbons (Fsp3) is 0.364. The van der Waals surface area contributed by atoms with Crippen molar-refractivity contribution >= 4 is 37.2 Å². The number of hydrogen-bond acceptors (Lipinski definition) is 7. The predicted molar refractivity (Wildman–Crippen MR) is 126 cm³/mol. The van der Waals surface area contributed by atoms with Crippen LogP contribution in [0.2, 0.25) is 0 Å². The Bertz CT molecular complexity index is 653. The smallest absolute Gasteiger partial charge is 0.304 e. The summed E-state index contributed by atoms with van der Waals surface area (Å²) in [6, 6.07) is 18.8. The van der Waals surface area contributed by atoms with Crippen LogP contribution in [0.25, 0.3) is 0 Å². The number of benzene rings is 2. The highest BCUT2D eigenvalue weighted by Crippen LogP contribution is 2.23. The maximum Gasteiger partial charge on any atom is 0.304 e. The lowest BCUT2D eigenvalue weighted by Gasteiger charge is -2.06. The van der Waals surface area contributed by atoms with Gasteiger partial charge in [0.05, 0.1) is 39.3 Å². The highest BCUT2D eigenvalue weighted by Gasteiger charge is 2.10. The largest absolute Gasteiger partial charge is 0.481 e. The number of aliphatic hydroxyl groups is 2. The van der Waals surface area contributed by atoms with E-state index in [2.05, 4.69) is 30.0 Å². The van der Waals surface area contributed by atoms with Crippen LogP contribution in [0.3, 0.4) is 0 Å². The number of aliphatic carboxylic acids is 2. The van der Waals surface area contributed by atoms with Crippen LogP contribution in [-0.2, 0) is 14.3 Å². The van der Waals surface area contributed by atoms with Crippen LogP contribution in [0.4, 0.5) is 0 Å². The summed E-state index contributed by atoms with van der Waals surface area (Å²) in [4.78, 5) is 20.7. The second-order valence-electron chi connectivity index (χ2n) is 6.11. The normalized spacial score (nSPS) is 11.7. The van der Waals surface area contributed by atoms with Crippen molar-refractivity contribution in [2.75, 3.05) is 26.4 Å². The first-order valence-corrected chi connectivity index (χ1v) is 10.5. The van der Waals surface area contributed by atoms with Gasteiger partial charge in [0.2, 0.25) is 0 Å². The van der Waals surface area contributed by atoms with Gasteiger partial charge in [-0.15, -0.1) is 0 Å². The monoisotopic (exact) mass is 470 g/mol. The Morgan fingerprint density at radius 3 is 1.29 bits per heavy atom. The maximum atomic E-state index is 10.3. The van der Waals surface area contributed by atoms with Crippen molar-refractivity contribution in [1.82, 2.24) is 0 Å². The summed E-state index contributed by atoms with van der Waals surface area (Å²) in [7, 11) is 0. The number of carboxylic acids is 2. The molecule has 0 aliphatic heterocycles. The van der Waals surface area contributed by atoms with Gasteiger partial charge in [0.25, 0.3) is 0 Å². The van der Waals surface area contributed by atoms with E-state index < -0.39 is 11.9 Å². The Kier molecular flexibility index (Phi) is 17.5. The summed E-state index contributed by atoms with van der Waals surface area (Å²) < 4.78 is 4.63. The number of hydrogen-bond donors (Lipinski definition) is 6. The van der Waals surface area contributed by atoms with Crippen molar-refractivity contribution < 1.29 is 34.8 Å². The van der Waals surface area contributed by atoms with Crippen molar-refractivity contribution in [2.45, 2.75) is 23.3 Å². The molecule has 2 unspecified atom stereocenters. The Morgan fingerprint density at radius 2 is 1.03 bits per heavy atom. The molecular weight excluding hydrogens is 440 g/mol. The number of rotatable bonds is 10. The molecule has 0 saturated heterocycles. The third-order valence-corrected chi connectivity index (χ3v) is 4.54. The van der Waals surface area contributed by atoms with Crippen molar-refractivity contribution in [3.8, 4) is 0 Å². The maximum absolute atomic E-state index is 10.3.